The lowest BCUT2D eigenvalue weighted by Gasteiger charge is -2.35. The van der Waals surface area contributed by atoms with Crippen molar-refractivity contribution >= 4 is 34.2 Å². The molecule has 31 heavy (non-hydrogen) atoms. The fourth-order valence-corrected chi connectivity index (χ4v) is 4.77. The highest BCUT2D eigenvalue weighted by molar-refractivity contribution is 8.15. The van der Waals surface area contributed by atoms with Crippen LogP contribution in [0.3, 0.4) is 0 Å². The molecule has 0 saturated carbocycles. The van der Waals surface area contributed by atoms with E-state index in [1.807, 2.05) is 47.4 Å². The number of hydrogen-bond donors (Lipinski definition) is 1. The smallest absolute Gasteiger partial charge is 0.321 e. The standard InChI is InChI=1S/C24H28N4O2S/c1-3-17-31-22-21(18-9-5-4-6-10-18)26-24(27-22)13-15-28(16-14-24)23(29)25-19-11-7-8-12-20(19)30-2/h4-12H,3,13-17H2,1-2H3,(H,25,29). The summed E-state index contributed by atoms with van der Waals surface area (Å²) in [6.45, 7) is 3.40. The fraction of sp³-hybridized carbons (Fsp3) is 0.375. The number of amides is 2. The van der Waals surface area contributed by atoms with Crippen molar-refractivity contribution in [3.05, 3.63) is 60.2 Å². The van der Waals surface area contributed by atoms with Crippen molar-refractivity contribution in [2.24, 2.45) is 9.98 Å². The van der Waals surface area contributed by atoms with Crippen LogP contribution in [0.2, 0.25) is 0 Å². The summed E-state index contributed by atoms with van der Waals surface area (Å²) in [6.07, 6.45) is 2.54. The average Bonchev–Trinajstić information content (AvgIpc) is 3.17. The molecule has 0 aromatic heterocycles. The van der Waals surface area contributed by atoms with E-state index in [9.17, 15) is 4.79 Å². The minimum Gasteiger partial charge on any atom is -0.495 e. The van der Waals surface area contributed by atoms with Crippen molar-refractivity contribution in [3.8, 4) is 5.75 Å². The molecule has 7 heteroatoms. The van der Waals surface area contributed by atoms with Crippen molar-refractivity contribution < 1.29 is 9.53 Å². The summed E-state index contributed by atoms with van der Waals surface area (Å²) in [7, 11) is 1.60. The van der Waals surface area contributed by atoms with Gasteiger partial charge >= 0.3 is 6.03 Å². The first kappa shape index (κ1) is 21.4. The molecule has 0 bridgehead atoms. The largest absolute Gasteiger partial charge is 0.495 e. The molecule has 2 aliphatic heterocycles. The number of carbonyl (C=O) groups excluding carboxylic acids is 1. The number of thioether (sulfide) groups is 1. The van der Waals surface area contributed by atoms with Crippen LogP contribution in [0.5, 0.6) is 5.75 Å². The lowest BCUT2D eigenvalue weighted by Crippen LogP contribution is -2.46. The monoisotopic (exact) mass is 436 g/mol. The Bertz CT molecular complexity index is 982. The number of methoxy groups -OCH3 is 1. The zero-order valence-corrected chi connectivity index (χ0v) is 18.8. The Morgan fingerprint density at radius 3 is 2.52 bits per heavy atom. The third-order valence-corrected chi connectivity index (χ3v) is 6.69. The van der Waals surface area contributed by atoms with E-state index in [4.69, 9.17) is 14.7 Å². The Hall–Kier alpha value is -2.80. The van der Waals surface area contributed by atoms with Crippen LogP contribution in [0.15, 0.2) is 64.6 Å². The summed E-state index contributed by atoms with van der Waals surface area (Å²) in [5, 5.41) is 4.00. The molecule has 6 nitrogen and oxygen atoms in total. The second-order valence-electron chi connectivity index (χ2n) is 7.69. The molecule has 2 heterocycles. The molecule has 2 aliphatic rings. The summed E-state index contributed by atoms with van der Waals surface area (Å²) < 4.78 is 5.34. The number of nitrogens with one attached hydrogen (secondary N) is 1. The summed E-state index contributed by atoms with van der Waals surface area (Å²) >= 11 is 1.78. The number of piperidine rings is 1. The number of nitrogens with zero attached hydrogens (tertiary/aromatic N) is 3. The van der Waals surface area contributed by atoms with Gasteiger partial charge in [0.2, 0.25) is 0 Å². The summed E-state index contributed by atoms with van der Waals surface area (Å²) in [5.74, 6) is 1.67. The Labute approximate surface area is 187 Å². The first-order valence-corrected chi connectivity index (χ1v) is 11.7. The van der Waals surface area contributed by atoms with Gasteiger partial charge in [0, 0.05) is 31.5 Å². The normalized spacial score (nSPS) is 17.3. The van der Waals surface area contributed by atoms with Gasteiger partial charge in [-0.25, -0.2) is 9.79 Å². The highest BCUT2D eigenvalue weighted by Gasteiger charge is 2.40. The first-order chi connectivity index (χ1) is 15.1. The van der Waals surface area contributed by atoms with E-state index in [-0.39, 0.29) is 6.03 Å². The van der Waals surface area contributed by atoms with Crippen LogP contribution in [0.1, 0.15) is 31.7 Å². The Balaban J connectivity index is 1.47. The Morgan fingerprint density at radius 2 is 1.81 bits per heavy atom. The van der Waals surface area contributed by atoms with Crippen LogP contribution in [0, 0.1) is 0 Å². The number of ether oxygens (including phenoxy) is 1. The van der Waals surface area contributed by atoms with Gasteiger partial charge in [-0.1, -0.05) is 49.4 Å². The van der Waals surface area contributed by atoms with E-state index >= 15 is 0 Å². The molecular weight excluding hydrogens is 408 g/mol. The van der Waals surface area contributed by atoms with E-state index in [0.29, 0.717) is 24.5 Å². The predicted octanol–water partition coefficient (Wildman–Crippen LogP) is 5.06. The number of anilines is 1. The van der Waals surface area contributed by atoms with Crippen LogP contribution in [-0.4, -0.2) is 53.3 Å². The van der Waals surface area contributed by atoms with Gasteiger partial charge in [0.1, 0.15) is 10.8 Å². The lowest BCUT2D eigenvalue weighted by molar-refractivity contribution is 0.175. The maximum atomic E-state index is 12.8. The molecule has 162 valence electrons. The average molecular weight is 437 g/mol. The SMILES string of the molecule is CCCSC1=NC2(CCN(C(=O)Nc3ccccc3OC)CC2)N=C1c1ccccc1. The maximum Gasteiger partial charge on any atom is 0.321 e. The number of likely N-dealkylation sites (tertiary alicyclic amines) is 1. The van der Waals surface area contributed by atoms with E-state index in [2.05, 4.69) is 24.4 Å². The molecular formula is C24H28N4O2S. The Morgan fingerprint density at radius 1 is 1.10 bits per heavy atom. The molecule has 2 aromatic rings. The molecule has 2 aromatic carbocycles. The minimum atomic E-state index is -0.456. The number of aliphatic imine (C=N–C) groups is 2. The van der Waals surface area contributed by atoms with Gasteiger partial charge in [-0.05, 0) is 24.3 Å². The second-order valence-corrected chi connectivity index (χ2v) is 8.78. The van der Waals surface area contributed by atoms with Crippen molar-refractivity contribution in [3.63, 3.8) is 0 Å². The quantitative estimate of drug-likeness (QED) is 0.712. The molecule has 2 amide bonds. The summed E-state index contributed by atoms with van der Waals surface area (Å²) in [5.41, 5.74) is 2.32. The van der Waals surface area contributed by atoms with Gasteiger partial charge in [-0.3, -0.25) is 4.99 Å². The topological polar surface area (TPSA) is 66.3 Å². The van der Waals surface area contributed by atoms with Gasteiger partial charge in [0.05, 0.1) is 18.5 Å². The minimum absolute atomic E-state index is 0.117. The number of hydrogen-bond acceptors (Lipinski definition) is 5. The van der Waals surface area contributed by atoms with Crippen molar-refractivity contribution in [1.82, 2.24) is 4.90 Å². The second kappa shape index (κ2) is 9.56. The lowest BCUT2D eigenvalue weighted by atomic mass is 9.98. The number of rotatable bonds is 5. The molecule has 0 radical (unpaired) electrons. The van der Waals surface area contributed by atoms with Crippen LogP contribution < -0.4 is 10.1 Å². The number of carbonyl (C=O) groups is 1. The van der Waals surface area contributed by atoms with Crippen LogP contribution in [0.4, 0.5) is 10.5 Å². The summed E-state index contributed by atoms with van der Waals surface area (Å²) in [6, 6.07) is 17.6. The van der Waals surface area contributed by atoms with Gasteiger partial charge < -0.3 is 15.0 Å². The maximum absolute atomic E-state index is 12.8. The summed E-state index contributed by atoms with van der Waals surface area (Å²) in [4.78, 5) is 24.8. The fourth-order valence-electron chi connectivity index (χ4n) is 3.84. The zero-order valence-electron chi connectivity index (χ0n) is 18.0. The Kier molecular flexibility index (Phi) is 6.61. The third-order valence-electron chi connectivity index (χ3n) is 5.52. The molecule has 1 saturated heterocycles. The van der Waals surface area contributed by atoms with Gasteiger partial charge in [0.25, 0.3) is 0 Å². The number of para-hydroxylation sites is 2. The van der Waals surface area contributed by atoms with Crippen LogP contribution in [-0.2, 0) is 0 Å². The highest BCUT2D eigenvalue weighted by Crippen LogP contribution is 2.36. The van der Waals surface area contributed by atoms with Crippen molar-refractivity contribution in [2.45, 2.75) is 31.8 Å². The predicted molar refractivity (Wildman–Crippen MR) is 129 cm³/mol. The van der Waals surface area contributed by atoms with Crippen LogP contribution in [0.25, 0.3) is 0 Å². The van der Waals surface area contributed by atoms with E-state index in [1.165, 1.54) is 0 Å². The van der Waals surface area contributed by atoms with E-state index in [1.54, 1.807) is 18.9 Å². The van der Waals surface area contributed by atoms with E-state index < -0.39 is 5.66 Å². The van der Waals surface area contributed by atoms with Crippen molar-refractivity contribution in [2.75, 3.05) is 31.3 Å². The third kappa shape index (κ3) is 4.77. The molecule has 1 N–H and O–H groups in total. The van der Waals surface area contributed by atoms with Gasteiger partial charge in [0.15, 0.2) is 5.66 Å². The van der Waals surface area contributed by atoms with E-state index in [0.717, 1.165) is 41.3 Å². The zero-order chi connectivity index (χ0) is 21.7. The molecule has 4 rings (SSSR count). The number of urea groups is 1. The molecule has 0 atom stereocenters. The van der Waals surface area contributed by atoms with Gasteiger partial charge in [-0.15, -0.1) is 11.8 Å². The molecule has 0 unspecified atom stereocenters. The van der Waals surface area contributed by atoms with Gasteiger partial charge in [-0.2, -0.15) is 0 Å². The molecule has 0 aliphatic carbocycles. The molecule has 1 fully saturated rings. The van der Waals surface area contributed by atoms with Crippen molar-refractivity contribution in [1.29, 1.82) is 0 Å². The highest BCUT2D eigenvalue weighted by atomic mass is 32.2. The number of benzene rings is 2. The molecule has 1 spiro atoms. The van der Waals surface area contributed by atoms with Crippen LogP contribution >= 0.6 is 11.8 Å². The first-order valence-electron chi connectivity index (χ1n) is 10.7.